The highest BCUT2D eigenvalue weighted by molar-refractivity contribution is 5.43. The van der Waals surface area contributed by atoms with Crippen molar-refractivity contribution in [2.45, 2.75) is 20.3 Å². The summed E-state index contributed by atoms with van der Waals surface area (Å²) in [4.78, 5) is 2.26. The molecule has 0 saturated heterocycles. The number of aryl methyl sites for hydroxylation is 2. The van der Waals surface area contributed by atoms with Crippen molar-refractivity contribution in [3.63, 3.8) is 0 Å². The van der Waals surface area contributed by atoms with Crippen molar-refractivity contribution in [3.8, 4) is 5.75 Å². The van der Waals surface area contributed by atoms with E-state index in [0.29, 0.717) is 0 Å². The molecule has 17 heavy (non-hydrogen) atoms. The van der Waals surface area contributed by atoms with Crippen LogP contribution in [0.4, 0.5) is 0 Å². The Morgan fingerprint density at radius 3 is 2.59 bits per heavy atom. The average Bonchev–Trinajstić information content (AvgIpc) is 2.27. The van der Waals surface area contributed by atoms with Crippen molar-refractivity contribution < 1.29 is 4.74 Å². The van der Waals surface area contributed by atoms with Crippen LogP contribution in [0.1, 0.15) is 16.7 Å². The molecule has 3 nitrogen and oxygen atoms in total. The van der Waals surface area contributed by atoms with Gasteiger partial charge in [-0.15, -0.1) is 0 Å². The lowest BCUT2D eigenvalue weighted by molar-refractivity contribution is 0.318. The quantitative estimate of drug-likeness (QED) is 0.764. The van der Waals surface area contributed by atoms with Crippen molar-refractivity contribution in [2.24, 2.45) is 0 Å². The Labute approximate surface area is 105 Å². The van der Waals surface area contributed by atoms with Crippen molar-refractivity contribution in [2.75, 3.05) is 34.4 Å². The molecule has 0 amide bonds. The Morgan fingerprint density at radius 2 is 2.00 bits per heavy atom. The van der Waals surface area contributed by atoms with Crippen molar-refractivity contribution in [1.29, 1.82) is 0 Å². The maximum Gasteiger partial charge on any atom is 0.122 e. The van der Waals surface area contributed by atoms with Gasteiger partial charge in [-0.05, 0) is 57.1 Å². The van der Waals surface area contributed by atoms with Crippen LogP contribution in [-0.2, 0) is 6.42 Å². The minimum Gasteiger partial charge on any atom is -0.496 e. The molecule has 1 aromatic rings. The van der Waals surface area contributed by atoms with E-state index in [1.165, 1.54) is 16.7 Å². The summed E-state index contributed by atoms with van der Waals surface area (Å²) < 4.78 is 5.47. The second-order valence-corrected chi connectivity index (χ2v) is 4.60. The van der Waals surface area contributed by atoms with Crippen LogP contribution in [-0.4, -0.2) is 39.3 Å². The highest BCUT2D eigenvalue weighted by atomic mass is 16.5. The maximum atomic E-state index is 5.47. The minimum absolute atomic E-state index is 0.910. The van der Waals surface area contributed by atoms with Crippen LogP contribution in [0.3, 0.4) is 0 Å². The zero-order valence-electron chi connectivity index (χ0n) is 11.6. The first-order valence-electron chi connectivity index (χ1n) is 6.05. The molecule has 0 bridgehead atoms. The predicted molar refractivity (Wildman–Crippen MR) is 72.7 cm³/mol. The summed E-state index contributed by atoms with van der Waals surface area (Å²) >= 11 is 0. The highest BCUT2D eigenvalue weighted by Gasteiger charge is 2.08. The lowest BCUT2D eigenvalue weighted by Crippen LogP contribution is -2.30. The molecule has 0 unspecified atom stereocenters. The van der Waals surface area contributed by atoms with Crippen LogP contribution in [0.25, 0.3) is 0 Å². The van der Waals surface area contributed by atoms with E-state index in [-0.39, 0.29) is 0 Å². The molecule has 0 aliphatic heterocycles. The number of nitrogens with one attached hydrogen (secondary N) is 1. The molecule has 1 rings (SSSR count). The molecule has 0 aliphatic carbocycles. The Morgan fingerprint density at radius 1 is 1.29 bits per heavy atom. The van der Waals surface area contributed by atoms with Crippen LogP contribution >= 0.6 is 0 Å². The van der Waals surface area contributed by atoms with Gasteiger partial charge in [0.1, 0.15) is 5.75 Å². The summed E-state index contributed by atoms with van der Waals surface area (Å²) in [6, 6.07) is 4.33. The Bertz CT molecular complexity index is 363. The topological polar surface area (TPSA) is 24.5 Å². The predicted octanol–water partition coefficient (Wildman–Crippen LogP) is 1.96. The van der Waals surface area contributed by atoms with E-state index in [2.05, 4.69) is 43.2 Å². The molecule has 0 radical (unpaired) electrons. The molecule has 3 heteroatoms. The van der Waals surface area contributed by atoms with Gasteiger partial charge in [-0.25, -0.2) is 0 Å². The zero-order chi connectivity index (χ0) is 12.8. The van der Waals surface area contributed by atoms with Gasteiger partial charge in [-0.1, -0.05) is 6.07 Å². The van der Waals surface area contributed by atoms with Gasteiger partial charge >= 0.3 is 0 Å². The summed E-state index contributed by atoms with van der Waals surface area (Å²) in [6.07, 6.45) is 1.02. The number of likely N-dealkylation sites (N-methyl/N-ethyl adjacent to an activating group) is 1. The lowest BCUT2D eigenvalue weighted by Gasteiger charge is -2.18. The van der Waals surface area contributed by atoms with Gasteiger partial charge in [0.15, 0.2) is 0 Å². The van der Waals surface area contributed by atoms with Gasteiger partial charge in [0.2, 0.25) is 0 Å². The number of nitrogens with zero attached hydrogens (tertiary/aromatic N) is 1. The Hall–Kier alpha value is -1.06. The van der Waals surface area contributed by atoms with Crippen LogP contribution in [0.2, 0.25) is 0 Å². The van der Waals surface area contributed by atoms with Crippen LogP contribution < -0.4 is 10.1 Å². The summed E-state index contributed by atoms with van der Waals surface area (Å²) in [7, 11) is 5.83. The molecular formula is C14H24N2O. The fourth-order valence-electron chi connectivity index (χ4n) is 2.11. The number of hydrogen-bond donors (Lipinski definition) is 1. The molecule has 1 N–H and O–H groups in total. The van der Waals surface area contributed by atoms with Gasteiger partial charge < -0.3 is 10.1 Å². The number of hydrogen-bond acceptors (Lipinski definition) is 3. The van der Waals surface area contributed by atoms with E-state index in [4.69, 9.17) is 4.74 Å². The standard InChI is InChI=1S/C14H24N2O/c1-11-8-12(2)13(14(9-11)17-5)6-7-16(4)10-15-3/h8-9,15H,6-7,10H2,1-5H3. The monoisotopic (exact) mass is 236 g/mol. The summed E-state index contributed by atoms with van der Waals surface area (Å²) in [5.41, 5.74) is 3.90. The third kappa shape index (κ3) is 4.02. The summed E-state index contributed by atoms with van der Waals surface area (Å²) in [5.74, 6) is 1.01. The Balaban J connectivity index is 2.76. The third-order valence-corrected chi connectivity index (χ3v) is 2.97. The first-order valence-corrected chi connectivity index (χ1v) is 6.05. The molecule has 1 aromatic carbocycles. The SMILES string of the molecule is CNCN(C)CCc1c(C)cc(C)cc1OC. The summed E-state index contributed by atoms with van der Waals surface area (Å²) in [6.45, 7) is 6.20. The van der Waals surface area contributed by atoms with Gasteiger partial charge in [-0.3, -0.25) is 4.90 Å². The van der Waals surface area contributed by atoms with Crippen LogP contribution in [0.5, 0.6) is 5.75 Å². The average molecular weight is 236 g/mol. The fraction of sp³-hybridized carbons (Fsp3) is 0.571. The van der Waals surface area contributed by atoms with Crippen molar-refractivity contribution in [3.05, 3.63) is 28.8 Å². The smallest absolute Gasteiger partial charge is 0.122 e. The molecule has 0 aliphatic rings. The normalized spacial score (nSPS) is 10.9. The largest absolute Gasteiger partial charge is 0.496 e. The minimum atomic E-state index is 0.910. The second kappa shape index (κ2) is 6.62. The van der Waals surface area contributed by atoms with Crippen LogP contribution in [0.15, 0.2) is 12.1 Å². The number of methoxy groups -OCH3 is 1. The van der Waals surface area contributed by atoms with Crippen LogP contribution in [0, 0.1) is 13.8 Å². The molecule has 0 heterocycles. The number of benzene rings is 1. The van der Waals surface area contributed by atoms with Gasteiger partial charge in [0.05, 0.1) is 7.11 Å². The molecule has 0 aromatic heterocycles. The third-order valence-electron chi connectivity index (χ3n) is 2.97. The van der Waals surface area contributed by atoms with E-state index in [9.17, 15) is 0 Å². The van der Waals surface area contributed by atoms with Gasteiger partial charge in [0, 0.05) is 13.2 Å². The highest BCUT2D eigenvalue weighted by Crippen LogP contribution is 2.24. The van der Waals surface area contributed by atoms with E-state index < -0.39 is 0 Å². The molecule has 96 valence electrons. The van der Waals surface area contributed by atoms with Crippen molar-refractivity contribution >= 4 is 0 Å². The van der Waals surface area contributed by atoms with E-state index in [1.54, 1.807) is 7.11 Å². The molecule has 0 saturated carbocycles. The maximum absolute atomic E-state index is 5.47. The fourth-order valence-corrected chi connectivity index (χ4v) is 2.11. The Kier molecular flexibility index (Phi) is 5.45. The first kappa shape index (κ1) is 14.0. The van der Waals surface area contributed by atoms with E-state index in [1.807, 2.05) is 7.05 Å². The molecular weight excluding hydrogens is 212 g/mol. The molecule has 0 atom stereocenters. The van der Waals surface area contributed by atoms with E-state index >= 15 is 0 Å². The second-order valence-electron chi connectivity index (χ2n) is 4.60. The lowest BCUT2D eigenvalue weighted by atomic mass is 10.0. The van der Waals surface area contributed by atoms with Crippen molar-refractivity contribution in [1.82, 2.24) is 10.2 Å². The number of ether oxygens (including phenoxy) is 1. The van der Waals surface area contributed by atoms with Gasteiger partial charge in [0.25, 0.3) is 0 Å². The zero-order valence-corrected chi connectivity index (χ0v) is 11.6. The summed E-state index contributed by atoms with van der Waals surface area (Å²) in [5, 5.41) is 3.15. The molecule has 0 spiro atoms. The molecule has 0 fully saturated rings. The number of rotatable bonds is 6. The van der Waals surface area contributed by atoms with Gasteiger partial charge in [-0.2, -0.15) is 0 Å². The first-order chi connectivity index (χ1) is 8.08. The van der Waals surface area contributed by atoms with E-state index in [0.717, 1.165) is 25.4 Å².